The van der Waals surface area contributed by atoms with Crippen LogP contribution >= 0.6 is 11.3 Å². The van der Waals surface area contributed by atoms with Gasteiger partial charge >= 0.3 is 5.97 Å². The molecule has 1 heterocycles. The molecule has 2 unspecified atom stereocenters. The highest BCUT2D eigenvalue weighted by Crippen LogP contribution is 2.60. The fourth-order valence-electron chi connectivity index (χ4n) is 5.02. The molecule has 0 radical (unpaired) electrons. The normalized spacial score (nSPS) is 27.6. The van der Waals surface area contributed by atoms with E-state index in [9.17, 15) is 4.79 Å². The number of fused-ring (bicyclic) bond motifs is 5. The molecule has 1 N–H and O–H groups in total. The van der Waals surface area contributed by atoms with Crippen LogP contribution in [0.2, 0.25) is 0 Å². The predicted molar refractivity (Wildman–Crippen MR) is 105 cm³/mol. The Kier molecular flexibility index (Phi) is 3.52. The van der Waals surface area contributed by atoms with Crippen molar-refractivity contribution in [2.45, 2.75) is 57.8 Å². The number of carboxylic acid groups (broad SMARTS) is 1. The molecule has 2 nitrogen and oxygen atoms in total. The fourth-order valence-corrected chi connectivity index (χ4v) is 5.87. The van der Waals surface area contributed by atoms with Crippen molar-refractivity contribution in [2.24, 2.45) is 0 Å². The second-order valence-electron chi connectivity index (χ2n) is 8.35. The van der Waals surface area contributed by atoms with E-state index >= 15 is 0 Å². The summed E-state index contributed by atoms with van der Waals surface area (Å²) in [7, 11) is 0. The molecule has 25 heavy (non-hydrogen) atoms. The SMILES string of the molecule is C/C(=C\c1ccc(C(=O)O)s1)c1cc2c(cc1C)C1(C)CCC2(C)C1. The lowest BCUT2D eigenvalue weighted by Crippen LogP contribution is -2.18. The molecule has 4 rings (SSSR count). The summed E-state index contributed by atoms with van der Waals surface area (Å²) in [5.41, 5.74) is 7.59. The van der Waals surface area contributed by atoms with E-state index in [0.717, 1.165) is 4.88 Å². The summed E-state index contributed by atoms with van der Waals surface area (Å²) in [4.78, 5) is 12.5. The molecule has 2 aliphatic carbocycles. The molecule has 2 bridgehead atoms. The van der Waals surface area contributed by atoms with Gasteiger partial charge in [0, 0.05) is 4.88 Å². The first kappa shape index (κ1) is 16.6. The maximum absolute atomic E-state index is 11.1. The number of hydrogen-bond donors (Lipinski definition) is 1. The lowest BCUT2D eigenvalue weighted by Gasteiger charge is -2.28. The highest BCUT2D eigenvalue weighted by atomic mass is 32.1. The zero-order chi connectivity index (χ0) is 18.0. The summed E-state index contributed by atoms with van der Waals surface area (Å²) in [6.07, 6.45) is 5.98. The Hall–Kier alpha value is -1.87. The highest BCUT2D eigenvalue weighted by molar-refractivity contribution is 7.14. The summed E-state index contributed by atoms with van der Waals surface area (Å²) in [6, 6.07) is 8.39. The second-order valence-corrected chi connectivity index (χ2v) is 9.46. The van der Waals surface area contributed by atoms with Gasteiger partial charge < -0.3 is 5.11 Å². The van der Waals surface area contributed by atoms with Gasteiger partial charge in [0.1, 0.15) is 4.88 Å². The molecule has 0 aliphatic heterocycles. The number of carboxylic acids is 1. The minimum absolute atomic E-state index is 0.326. The summed E-state index contributed by atoms with van der Waals surface area (Å²) >= 11 is 1.33. The Labute approximate surface area is 153 Å². The second kappa shape index (κ2) is 5.31. The Bertz CT molecular complexity index is 920. The molecule has 3 heteroatoms. The minimum atomic E-state index is -0.854. The maximum atomic E-state index is 11.1. The van der Waals surface area contributed by atoms with E-state index in [4.69, 9.17) is 5.11 Å². The van der Waals surface area contributed by atoms with Gasteiger partial charge in [-0.3, -0.25) is 0 Å². The van der Waals surface area contributed by atoms with Crippen molar-refractivity contribution in [3.8, 4) is 0 Å². The van der Waals surface area contributed by atoms with Crippen molar-refractivity contribution in [1.29, 1.82) is 0 Å². The van der Waals surface area contributed by atoms with Gasteiger partial charge in [0.15, 0.2) is 0 Å². The third-order valence-electron chi connectivity index (χ3n) is 6.30. The van der Waals surface area contributed by atoms with Crippen LogP contribution < -0.4 is 0 Å². The molecule has 1 aromatic carbocycles. The first-order valence-electron chi connectivity index (χ1n) is 8.89. The van der Waals surface area contributed by atoms with E-state index in [-0.39, 0.29) is 0 Å². The number of aryl methyl sites for hydroxylation is 1. The average Bonchev–Trinajstić information content (AvgIpc) is 3.17. The van der Waals surface area contributed by atoms with Gasteiger partial charge in [0.2, 0.25) is 0 Å². The summed E-state index contributed by atoms with van der Waals surface area (Å²) in [5, 5.41) is 9.10. The van der Waals surface area contributed by atoms with Crippen LogP contribution in [0.15, 0.2) is 24.3 Å². The van der Waals surface area contributed by atoms with Crippen LogP contribution in [-0.4, -0.2) is 11.1 Å². The number of aromatic carboxylic acids is 1. The van der Waals surface area contributed by atoms with Crippen molar-refractivity contribution >= 4 is 29.0 Å². The van der Waals surface area contributed by atoms with E-state index in [1.54, 1.807) is 11.6 Å². The molecule has 0 spiro atoms. The summed E-state index contributed by atoms with van der Waals surface area (Å²) < 4.78 is 0. The molecule has 1 fully saturated rings. The monoisotopic (exact) mass is 352 g/mol. The first-order valence-corrected chi connectivity index (χ1v) is 9.71. The van der Waals surface area contributed by atoms with Crippen molar-refractivity contribution in [1.82, 2.24) is 0 Å². The fraction of sp³-hybridized carbons (Fsp3) is 0.409. The third-order valence-corrected chi connectivity index (χ3v) is 7.32. The standard InChI is InChI=1S/C22H24O2S/c1-13(9-15-5-6-19(25-15)20(23)24)16-11-18-17(10-14(16)2)21(3)7-8-22(18,4)12-21/h5-6,9-11H,7-8,12H2,1-4H3,(H,23,24)/b13-9+. The van der Waals surface area contributed by atoms with Gasteiger partial charge in [-0.15, -0.1) is 11.3 Å². The van der Waals surface area contributed by atoms with Crippen LogP contribution in [0, 0.1) is 6.92 Å². The van der Waals surface area contributed by atoms with Gasteiger partial charge in [-0.05, 0) is 90.0 Å². The molecule has 2 atom stereocenters. The van der Waals surface area contributed by atoms with Crippen LogP contribution in [0.4, 0.5) is 0 Å². The Morgan fingerprint density at radius 1 is 1.16 bits per heavy atom. The van der Waals surface area contributed by atoms with E-state index in [0.29, 0.717) is 15.7 Å². The summed E-state index contributed by atoms with van der Waals surface area (Å²) in [5.74, 6) is -0.854. The van der Waals surface area contributed by atoms with Crippen LogP contribution in [0.5, 0.6) is 0 Å². The third kappa shape index (κ3) is 2.48. The first-order chi connectivity index (χ1) is 11.7. The average molecular weight is 352 g/mol. The van der Waals surface area contributed by atoms with E-state index < -0.39 is 5.97 Å². The zero-order valence-corrected chi connectivity index (χ0v) is 16.1. The minimum Gasteiger partial charge on any atom is -0.477 e. The van der Waals surface area contributed by atoms with E-state index in [1.165, 1.54) is 52.9 Å². The number of carbonyl (C=O) groups is 1. The lowest BCUT2D eigenvalue weighted by molar-refractivity contribution is 0.0702. The molecule has 1 saturated carbocycles. The molecule has 130 valence electrons. The van der Waals surface area contributed by atoms with Crippen molar-refractivity contribution in [3.63, 3.8) is 0 Å². The van der Waals surface area contributed by atoms with E-state index in [2.05, 4.69) is 45.9 Å². The highest BCUT2D eigenvalue weighted by Gasteiger charge is 2.52. The largest absolute Gasteiger partial charge is 0.477 e. The van der Waals surface area contributed by atoms with E-state index in [1.807, 2.05) is 6.07 Å². The number of allylic oxidation sites excluding steroid dienone is 1. The van der Waals surface area contributed by atoms with Gasteiger partial charge in [-0.25, -0.2) is 4.79 Å². The van der Waals surface area contributed by atoms with Crippen LogP contribution in [0.1, 0.15) is 76.8 Å². The van der Waals surface area contributed by atoms with Crippen molar-refractivity contribution in [3.05, 3.63) is 56.3 Å². The molecular weight excluding hydrogens is 328 g/mol. The molecular formula is C22H24O2S. The van der Waals surface area contributed by atoms with Gasteiger partial charge in [0.05, 0.1) is 0 Å². The number of benzene rings is 1. The zero-order valence-electron chi connectivity index (χ0n) is 15.3. The van der Waals surface area contributed by atoms with Gasteiger partial charge in [-0.2, -0.15) is 0 Å². The lowest BCUT2D eigenvalue weighted by atomic mass is 9.76. The molecule has 1 aromatic heterocycles. The van der Waals surface area contributed by atoms with Crippen LogP contribution in [0.3, 0.4) is 0 Å². The quantitative estimate of drug-likeness (QED) is 0.732. The van der Waals surface area contributed by atoms with Crippen molar-refractivity contribution in [2.75, 3.05) is 0 Å². The molecule has 2 aliphatic rings. The van der Waals surface area contributed by atoms with Gasteiger partial charge in [0.25, 0.3) is 0 Å². The van der Waals surface area contributed by atoms with Crippen LogP contribution in [-0.2, 0) is 10.8 Å². The maximum Gasteiger partial charge on any atom is 0.345 e. The Morgan fingerprint density at radius 2 is 1.80 bits per heavy atom. The Balaban J connectivity index is 1.76. The topological polar surface area (TPSA) is 37.3 Å². The predicted octanol–water partition coefficient (Wildman–Crippen LogP) is 6.03. The molecule has 0 amide bonds. The van der Waals surface area contributed by atoms with Crippen LogP contribution in [0.25, 0.3) is 11.6 Å². The molecule has 2 aromatic rings. The molecule has 0 saturated heterocycles. The summed E-state index contributed by atoms with van der Waals surface area (Å²) in [6.45, 7) is 9.17. The van der Waals surface area contributed by atoms with Crippen molar-refractivity contribution < 1.29 is 9.90 Å². The Morgan fingerprint density at radius 3 is 2.40 bits per heavy atom. The smallest absolute Gasteiger partial charge is 0.345 e. The number of hydrogen-bond acceptors (Lipinski definition) is 2. The number of rotatable bonds is 3. The van der Waals surface area contributed by atoms with Gasteiger partial charge in [-0.1, -0.05) is 26.0 Å². The number of thiophene rings is 1.